The second-order valence-corrected chi connectivity index (χ2v) is 15.9. The summed E-state index contributed by atoms with van der Waals surface area (Å²) in [6.45, 7) is 18.2. The summed E-state index contributed by atoms with van der Waals surface area (Å²) >= 11 is 0. The van der Waals surface area contributed by atoms with E-state index in [9.17, 15) is 24.9 Å². The summed E-state index contributed by atoms with van der Waals surface area (Å²) in [4.78, 5) is 25.5. The quantitative estimate of drug-likeness (QED) is 0.342. The van der Waals surface area contributed by atoms with Crippen molar-refractivity contribution in [3.05, 3.63) is 11.6 Å². The summed E-state index contributed by atoms with van der Waals surface area (Å²) in [6, 6.07) is 0. The number of carboxylic acid groups (broad SMARTS) is 2. The van der Waals surface area contributed by atoms with Gasteiger partial charge in [0.05, 0.1) is 16.9 Å². The third-order valence-corrected chi connectivity index (χ3v) is 15.0. The van der Waals surface area contributed by atoms with Crippen molar-refractivity contribution in [3.8, 4) is 0 Å². The highest BCUT2D eigenvalue weighted by Crippen LogP contribution is 2.80. The number of aliphatic hydroxyl groups is 1. The second kappa shape index (κ2) is 7.43. The molecule has 0 unspecified atom stereocenters. The molecule has 5 aliphatic carbocycles. The van der Waals surface area contributed by atoms with Crippen LogP contribution in [0.4, 0.5) is 0 Å². The standard InChI is InChI=1S/C32H50O5/c1-25(2)22(33)11-12-29(6)20-9-10-21-28(5,27(20,4)14-16-31(25,29)8)15-18-32(24(36)37)17-13-26(3,23(34)35)19-30(21,32)7/h10,20,22,33H,9,11-19H2,1-8H3,(H,34,35)(H,36,37)/t20-,22-,26-,27+,28+,29+,30-,31-,32+/m0/s1. The Labute approximate surface area is 223 Å². The Hall–Kier alpha value is -1.36. The Balaban J connectivity index is 1.67. The predicted molar refractivity (Wildman–Crippen MR) is 144 cm³/mol. The van der Waals surface area contributed by atoms with E-state index in [1.54, 1.807) is 0 Å². The molecule has 0 aromatic rings. The van der Waals surface area contributed by atoms with Crippen molar-refractivity contribution < 1.29 is 24.9 Å². The number of rotatable bonds is 2. The molecule has 5 aliphatic rings. The molecular formula is C32H50O5. The van der Waals surface area contributed by atoms with E-state index in [1.807, 2.05) is 6.92 Å². The molecule has 9 atom stereocenters. The van der Waals surface area contributed by atoms with Gasteiger partial charge in [-0.1, -0.05) is 60.1 Å². The first kappa shape index (κ1) is 27.2. The van der Waals surface area contributed by atoms with Crippen LogP contribution in [0, 0.1) is 49.2 Å². The summed E-state index contributed by atoms with van der Waals surface area (Å²) in [5.41, 5.74) is -1.53. The van der Waals surface area contributed by atoms with Crippen molar-refractivity contribution in [2.75, 3.05) is 0 Å². The van der Waals surface area contributed by atoms with Crippen LogP contribution >= 0.6 is 0 Å². The summed E-state index contributed by atoms with van der Waals surface area (Å²) in [6.07, 6.45) is 9.66. The van der Waals surface area contributed by atoms with Crippen LogP contribution in [0.2, 0.25) is 0 Å². The maximum absolute atomic E-state index is 13.0. The Morgan fingerprint density at radius 2 is 1.38 bits per heavy atom. The van der Waals surface area contributed by atoms with Gasteiger partial charge in [0.2, 0.25) is 0 Å². The molecule has 0 heterocycles. The highest BCUT2D eigenvalue weighted by Gasteiger charge is 2.74. The molecule has 5 nitrogen and oxygen atoms in total. The van der Waals surface area contributed by atoms with Gasteiger partial charge in [-0.25, -0.2) is 0 Å². The molecule has 0 bridgehead atoms. The SMILES string of the molecule is CC1(C)[C@@H](O)CC[C@]2(C)[C@H]3CC=C4[C@]5(C)C[C@@](C)(C(=O)O)CC[C@]5(C(=O)O)CC[C@@]4(C)[C@]3(C)CC[C@@]12C. The molecule has 0 saturated heterocycles. The molecule has 0 aromatic carbocycles. The lowest BCUT2D eigenvalue weighted by Crippen LogP contribution is -2.69. The lowest BCUT2D eigenvalue weighted by molar-refractivity contribution is -0.253. The van der Waals surface area contributed by atoms with Crippen LogP contribution in [0.5, 0.6) is 0 Å². The number of hydrogen-bond donors (Lipinski definition) is 3. The van der Waals surface area contributed by atoms with Gasteiger partial charge in [-0.15, -0.1) is 0 Å². The highest BCUT2D eigenvalue weighted by molar-refractivity contribution is 5.80. The molecule has 4 fully saturated rings. The normalized spacial score (nSPS) is 54.6. The Morgan fingerprint density at radius 3 is 1.97 bits per heavy atom. The molecule has 4 saturated carbocycles. The number of hydrogen-bond acceptors (Lipinski definition) is 3. The van der Waals surface area contributed by atoms with Gasteiger partial charge in [0.25, 0.3) is 0 Å². The van der Waals surface area contributed by atoms with Crippen LogP contribution in [0.25, 0.3) is 0 Å². The minimum Gasteiger partial charge on any atom is -0.481 e. The van der Waals surface area contributed by atoms with E-state index in [-0.39, 0.29) is 33.2 Å². The maximum Gasteiger partial charge on any atom is 0.310 e. The number of carbonyl (C=O) groups is 2. The topological polar surface area (TPSA) is 94.8 Å². The van der Waals surface area contributed by atoms with E-state index in [1.165, 1.54) is 5.57 Å². The van der Waals surface area contributed by atoms with Gasteiger partial charge in [0.15, 0.2) is 0 Å². The Kier molecular flexibility index (Phi) is 5.46. The fraction of sp³-hybridized carbons (Fsp3) is 0.875. The van der Waals surface area contributed by atoms with Gasteiger partial charge in [0.1, 0.15) is 0 Å². The minimum absolute atomic E-state index is 0.00549. The minimum atomic E-state index is -0.912. The van der Waals surface area contributed by atoms with Crippen molar-refractivity contribution in [2.24, 2.45) is 49.2 Å². The molecule has 0 amide bonds. The molecule has 5 heteroatoms. The zero-order chi connectivity index (χ0) is 27.7. The van der Waals surface area contributed by atoms with Gasteiger partial charge in [0, 0.05) is 5.41 Å². The van der Waals surface area contributed by atoms with E-state index < -0.39 is 28.2 Å². The molecule has 0 aromatic heterocycles. The lowest BCUT2D eigenvalue weighted by Gasteiger charge is -2.75. The Bertz CT molecular complexity index is 1080. The number of fused-ring (bicyclic) bond motifs is 7. The maximum atomic E-state index is 13.0. The van der Waals surface area contributed by atoms with Crippen molar-refractivity contribution in [1.29, 1.82) is 0 Å². The molecule has 0 radical (unpaired) electrons. The van der Waals surface area contributed by atoms with Crippen molar-refractivity contribution in [1.82, 2.24) is 0 Å². The summed E-state index contributed by atoms with van der Waals surface area (Å²) in [7, 11) is 0. The van der Waals surface area contributed by atoms with Crippen molar-refractivity contribution in [3.63, 3.8) is 0 Å². The average Bonchev–Trinajstić information content (AvgIpc) is 2.79. The van der Waals surface area contributed by atoms with Gasteiger partial charge < -0.3 is 15.3 Å². The molecule has 208 valence electrons. The molecule has 0 aliphatic heterocycles. The van der Waals surface area contributed by atoms with E-state index in [0.717, 1.165) is 38.5 Å². The fourth-order valence-electron chi connectivity index (χ4n) is 11.6. The first-order valence-electron chi connectivity index (χ1n) is 14.7. The van der Waals surface area contributed by atoms with Gasteiger partial charge >= 0.3 is 11.9 Å². The van der Waals surface area contributed by atoms with Crippen LogP contribution in [-0.2, 0) is 9.59 Å². The average molecular weight is 515 g/mol. The van der Waals surface area contributed by atoms with Crippen molar-refractivity contribution in [2.45, 2.75) is 126 Å². The van der Waals surface area contributed by atoms with Crippen LogP contribution in [-0.4, -0.2) is 33.4 Å². The van der Waals surface area contributed by atoms with E-state index in [2.05, 4.69) is 54.5 Å². The molecular weight excluding hydrogens is 464 g/mol. The van der Waals surface area contributed by atoms with Gasteiger partial charge in [-0.05, 0) is 104 Å². The smallest absolute Gasteiger partial charge is 0.310 e. The lowest BCUT2D eigenvalue weighted by atomic mass is 9.29. The van der Waals surface area contributed by atoms with Crippen LogP contribution in [0.1, 0.15) is 120 Å². The zero-order valence-electron chi connectivity index (χ0n) is 24.5. The monoisotopic (exact) mass is 514 g/mol. The number of aliphatic hydroxyl groups excluding tert-OH is 1. The summed E-state index contributed by atoms with van der Waals surface area (Å²) < 4.78 is 0. The van der Waals surface area contributed by atoms with Crippen LogP contribution in [0.3, 0.4) is 0 Å². The Morgan fingerprint density at radius 1 is 0.757 bits per heavy atom. The van der Waals surface area contributed by atoms with E-state index >= 15 is 0 Å². The largest absolute Gasteiger partial charge is 0.481 e. The molecule has 37 heavy (non-hydrogen) atoms. The van der Waals surface area contributed by atoms with Crippen LogP contribution in [0.15, 0.2) is 11.6 Å². The fourth-order valence-corrected chi connectivity index (χ4v) is 11.6. The third kappa shape index (κ3) is 2.81. The van der Waals surface area contributed by atoms with Gasteiger partial charge in [-0.3, -0.25) is 9.59 Å². The first-order valence-corrected chi connectivity index (χ1v) is 14.7. The first-order chi connectivity index (χ1) is 16.8. The summed E-state index contributed by atoms with van der Waals surface area (Å²) in [5, 5.41) is 32.0. The predicted octanol–water partition coefficient (Wildman–Crippen LogP) is 7.08. The van der Waals surface area contributed by atoms with E-state index in [0.29, 0.717) is 31.6 Å². The highest BCUT2D eigenvalue weighted by atomic mass is 16.4. The summed E-state index contributed by atoms with van der Waals surface area (Å²) in [5.74, 6) is -1.11. The number of allylic oxidation sites excluding steroid dienone is 2. The number of aliphatic carboxylic acids is 2. The van der Waals surface area contributed by atoms with Gasteiger partial charge in [-0.2, -0.15) is 0 Å². The second-order valence-electron chi connectivity index (χ2n) is 15.9. The molecule has 5 rings (SSSR count). The third-order valence-electron chi connectivity index (χ3n) is 15.0. The van der Waals surface area contributed by atoms with E-state index in [4.69, 9.17) is 0 Å². The molecule has 0 spiro atoms. The van der Waals surface area contributed by atoms with Crippen molar-refractivity contribution >= 4 is 11.9 Å². The zero-order valence-corrected chi connectivity index (χ0v) is 24.5. The number of carboxylic acids is 2. The van der Waals surface area contributed by atoms with Crippen LogP contribution < -0.4 is 0 Å². The molecule has 3 N–H and O–H groups in total.